The van der Waals surface area contributed by atoms with Crippen LogP contribution in [0.25, 0.3) is 0 Å². The van der Waals surface area contributed by atoms with E-state index in [-0.39, 0.29) is 12.2 Å². The molecule has 1 aliphatic heterocycles. The molecule has 0 aromatic heterocycles. The Morgan fingerprint density at radius 2 is 2.18 bits per heavy atom. The Kier molecular flexibility index (Phi) is 3.57. The van der Waals surface area contributed by atoms with Crippen LogP contribution in [0.5, 0.6) is 17.2 Å². The van der Waals surface area contributed by atoms with E-state index in [9.17, 15) is 4.79 Å². The summed E-state index contributed by atoms with van der Waals surface area (Å²) in [7, 11) is 1.57. The lowest BCUT2D eigenvalue weighted by Gasteiger charge is -2.23. The van der Waals surface area contributed by atoms with E-state index in [2.05, 4.69) is 15.9 Å². The van der Waals surface area contributed by atoms with Gasteiger partial charge in [0, 0.05) is 18.1 Å². The predicted octanol–water partition coefficient (Wildman–Crippen LogP) is 2.36. The molecule has 0 radical (unpaired) electrons. The fourth-order valence-corrected chi connectivity index (χ4v) is 2.44. The van der Waals surface area contributed by atoms with E-state index in [0.29, 0.717) is 30.5 Å². The molecule has 0 spiro atoms. The number of ether oxygens (including phenoxy) is 3. The van der Waals surface area contributed by atoms with Gasteiger partial charge in [0.25, 0.3) is 0 Å². The van der Waals surface area contributed by atoms with Crippen LogP contribution in [-0.2, 0) is 11.2 Å². The molecule has 0 amide bonds. The molecule has 4 nitrogen and oxygen atoms in total. The van der Waals surface area contributed by atoms with Crippen molar-refractivity contribution in [3.63, 3.8) is 0 Å². The molecule has 0 saturated carbocycles. The van der Waals surface area contributed by atoms with Crippen molar-refractivity contribution in [2.24, 2.45) is 0 Å². The Hall–Kier alpha value is -1.23. The van der Waals surface area contributed by atoms with Gasteiger partial charge in [0.1, 0.15) is 24.7 Å². The SMILES string of the molecule is COc1c(Br)cc2c(c1CC(C)=O)OCCO2. The number of carbonyl (C=O) groups is 1. The van der Waals surface area contributed by atoms with Gasteiger partial charge in [-0.25, -0.2) is 0 Å². The molecule has 1 aliphatic rings. The van der Waals surface area contributed by atoms with Gasteiger partial charge in [0.2, 0.25) is 0 Å². The first-order chi connectivity index (χ1) is 8.13. The molecule has 2 rings (SSSR count). The molecule has 0 saturated heterocycles. The lowest BCUT2D eigenvalue weighted by molar-refractivity contribution is -0.116. The van der Waals surface area contributed by atoms with Crippen LogP contribution < -0.4 is 14.2 Å². The maximum absolute atomic E-state index is 11.3. The molecule has 92 valence electrons. The molecule has 0 aliphatic carbocycles. The van der Waals surface area contributed by atoms with Crippen LogP contribution in [0.2, 0.25) is 0 Å². The molecule has 1 aromatic rings. The Morgan fingerprint density at radius 3 is 2.82 bits per heavy atom. The number of hydrogen-bond donors (Lipinski definition) is 0. The van der Waals surface area contributed by atoms with Crippen LogP contribution >= 0.6 is 15.9 Å². The van der Waals surface area contributed by atoms with Crippen LogP contribution in [0.1, 0.15) is 12.5 Å². The van der Waals surface area contributed by atoms with Crippen molar-refractivity contribution in [3.05, 3.63) is 16.1 Å². The van der Waals surface area contributed by atoms with Gasteiger partial charge in [-0.1, -0.05) is 0 Å². The van der Waals surface area contributed by atoms with Crippen LogP contribution in [-0.4, -0.2) is 26.1 Å². The van der Waals surface area contributed by atoms with Crippen molar-refractivity contribution < 1.29 is 19.0 Å². The first kappa shape index (κ1) is 12.2. The molecule has 0 bridgehead atoms. The Labute approximate surface area is 108 Å². The Balaban J connectivity index is 2.56. The summed E-state index contributed by atoms with van der Waals surface area (Å²) in [5.74, 6) is 1.95. The summed E-state index contributed by atoms with van der Waals surface area (Å²) in [6.07, 6.45) is 0.272. The smallest absolute Gasteiger partial charge is 0.168 e. The van der Waals surface area contributed by atoms with Gasteiger partial charge in [-0.05, 0) is 22.9 Å². The Morgan fingerprint density at radius 1 is 1.47 bits per heavy atom. The second-order valence-electron chi connectivity index (χ2n) is 3.77. The summed E-state index contributed by atoms with van der Waals surface area (Å²) in [5, 5.41) is 0. The summed E-state index contributed by atoms with van der Waals surface area (Å²) in [5.41, 5.74) is 0.740. The number of carbonyl (C=O) groups excluding carboxylic acids is 1. The maximum atomic E-state index is 11.3. The highest BCUT2D eigenvalue weighted by molar-refractivity contribution is 9.10. The lowest BCUT2D eigenvalue weighted by atomic mass is 10.1. The number of benzene rings is 1. The molecule has 17 heavy (non-hydrogen) atoms. The van der Waals surface area contributed by atoms with E-state index in [1.54, 1.807) is 13.2 Å². The van der Waals surface area contributed by atoms with Gasteiger partial charge in [0.15, 0.2) is 11.5 Å². The number of Topliss-reactive ketones (excluding diaryl/α,β-unsaturated/α-hetero) is 1. The zero-order chi connectivity index (χ0) is 12.4. The summed E-state index contributed by atoms with van der Waals surface area (Å²) in [6, 6.07) is 1.80. The van der Waals surface area contributed by atoms with Gasteiger partial charge in [-0.15, -0.1) is 0 Å². The highest BCUT2D eigenvalue weighted by Gasteiger charge is 2.23. The topological polar surface area (TPSA) is 44.8 Å². The first-order valence-electron chi connectivity index (χ1n) is 5.28. The molecular weight excluding hydrogens is 288 g/mol. The van der Waals surface area contributed by atoms with E-state index >= 15 is 0 Å². The number of methoxy groups -OCH3 is 1. The molecule has 1 aromatic carbocycles. The minimum absolute atomic E-state index is 0.0535. The highest BCUT2D eigenvalue weighted by Crippen LogP contribution is 2.44. The summed E-state index contributed by atoms with van der Waals surface area (Å²) in [4.78, 5) is 11.3. The predicted molar refractivity (Wildman–Crippen MR) is 66.1 cm³/mol. The van der Waals surface area contributed by atoms with Crippen LogP contribution in [0.3, 0.4) is 0 Å². The minimum atomic E-state index is 0.0535. The lowest BCUT2D eigenvalue weighted by Crippen LogP contribution is -2.18. The van der Waals surface area contributed by atoms with E-state index in [1.807, 2.05) is 0 Å². The van der Waals surface area contributed by atoms with Crippen molar-refractivity contribution in [2.75, 3.05) is 20.3 Å². The average molecular weight is 301 g/mol. The first-order valence-corrected chi connectivity index (χ1v) is 6.07. The van der Waals surface area contributed by atoms with Gasteiger partial charge >= 0.3 is 0 Å². The molecule has 0 unspecified atom stereocenters. The van der Waals surface area contributed by atoms with Crippen LogP contribution in [0, 0.1) is 0 Å². The third-order valence-corrected chi connectivity index (χ3v) is 3.05. The summed E-state index contributed by atoms with van der Waals surface area (Å²) in [6.45, 7) is 2.55. The standard InChI is InChI=1S/C12H13BrO4/c1-7(14)5-8-11(15-2)9(13)6-10-12(8)17-4-3-16-10/h6H,3-5H2,1-2H3. The monoisotopic (exact) mass is 300 g/mol. The third-order valence-electron chi connectivity index (χ3n) is 2.46. The van der Waals surface area contributed by atoms with Crippen LogP contribution in [0.15, 0.2) is 10.5 Å². The molecule has 0 fully saturated rings. The van der Waals surface area contributed by atoms with Crippen LogP contribution in [0.4, 0.5) is 0 Å². The van der Waals surface area contributed by atoms with Gasteiger partial charge in [0.05, 0.1) is 11.6 Å². The van der Waals surface area contributed by atoms with Crippen molar-refractivity contribution in [3.8, 4) is 17.2 Å². The Bertz CT molecular complexity index is 456. The van der Waals surface area contributed by atoms with E-state index in [1.165, 1.54) is 6.92 Å². The zero-order valence-corrected chi connectivity index (χ0v) is 11.3. The molecular formula is C12H13BrO4. The van der Waals surface area contributed by atoms with Gasteiger partial charge in [-0.2, -0.15) is 0 Å². The molecule has 5 heteroatoms. The van der Waals surface area contributed by atoms with Crippen molar-refractivity contribution in [2.45, 2.75) is 13.3 Å². The maximum Gasteiger partial charge on any atom is 0.168 e. The quantitative estimate of drug-likeness (QED) is 0.860. The number of halogens is 1. The zero-order valence-electron chi connectivity index (χ0n) is 9.71. The summed E-state index contributed by atoms with van der Waals surface area (Å²) >= 11 is 3.40. The minimum Gasteiger partial charge on any atom is -0.495 e. The summed E-state index contributed by atoms with van der Waals surface area (Å²) < 4.78 is 17.2. The van der Waals surface area contributed by atoms with E-state index < -0.39 is 0 Å². The number of hydrogen-bond acceptors (Lipinski definition) is 4. The van der Waals surface area contributed by atoms with Gasteiger partial charge < -0.3 is 14.2 Å². The fraction of sp³-hybridized carbons (Fsp3) is 0.417. The average Bonchev–Trinajstić information content (AvgIpc) is 2.28. The fourth-order valence-electron chi connectivity index (χ4n) is 1.83. The number of ketones is 1. The second kappa shape index (κ2) is 4.96. The number of fused-ring (bicyclic) bond motifs is 1. The second-order valence-corrected chi connectivity index (χ2v) is 4.63. The van der Waals surface area contributed by atoms with Crippen molar-refractivity contribution in [1.82, 2.24) is 0 Å². The molecule has 0 N–H and O–H groups in total. The van der Waals surface area contributed by atoms with E-state index in [4.69, 9.17) is 14.2 Å². The normalized spacial score (nSPS) is 13.4. The molecule has 1 heterocycles. The highest BCUT2D eigenvalue weighted by atomic mass is 79.9. The largest absolute Gasteiger partial charge is 0.495 e. The van der Waals surface area contributed by atoms with Gasteiger partial charge in [-0.3, -0.25) is 4.79 Å². The van der Waals surface area contributed by atoms with Crippen molar-refractivity contribution >= 4 is 21.7 Å². The van der Waals surface area contributed by atoms with E-state index in [0.717, 1.165) is 10.0 Å². The molecule has 0 atom stereocenters. The third kappa shape index (κ3) is 2.39. The number of rotatable bonds is 3. The van der Waals surface area contributed by atoms with Crippen molar-refractivity contribution in [1.29, 1.82) is 0 Å².